The zero-order valence-corrected chi connectivity index (χ0v) is 7.76. The van der Waals surface area contributed by atoms with Crippen LogP contribution in [0, 0.1) is 0 Å². The zero-order chi connectivity index (χ0) is 9.61. The molecule has 6 N–H and O–H groups in total. The molecule has 1 aliphatic rings. The van der Waals surface area contributed by atoms with Crippen molar-refractivity contribution in [3.05, 3.63) is 0 Å². The molecule has 1 heterocycles. The summed E-state index contributed by atoms with van der Waals surface area (Å²) in [4.78, 5) is 0. The molecule has 1 aliphatic heterocycles. The Morgan fingerprint density at radius 2 is 1.33 bits per heavy atom. The summed E-state index contributed by atoms with van der Waals surface area (Å²) in [5.41, 5.74) is 0. The van der Waals surface area contributed by atoms with E-state index in [1.54, 1.807) is 0 Å². The van der Waals surface area contributed by atoms with Gasteiger partial charge in [-0.3, -0.25) is 5.84 Å². The summed E-state index contributed by atoms with van der Waals surface area (Å²) in [6.07, 6.45) is 3.95. The molecule has 0 unspecified atom stereocenters. The van der Waals surface area contributed by atoms with Gasteiger partial charge in [0.1, 0.15) is 0 Å². The smallest absolute Gasteiger partial charge is 0.269 e. The SMILES string of the molecule is NN1CCCCC1.NS(N)(=O)=O. The Morgan fingerprint density at radius 1 is 1.00 bits per heavy atom. The van der Waals surface area contributed by atoms with Crippen molar-refractivity contribution in [2.75, 3.05) is 13.1 Å². The van der Waals surface area contributed by atoms with Crippen LogP contribution in [-0.2, 0) is 10.2 Å². The molecule has 0 aliphatic carbocycles. The summed E-state index contributed by atoms with van der Waals surface area (Å²) in [6.45, 7) is 2.19. The molecule has 6 nitrogen and oxygen atoms in total. The number of rotatable bonds is 0. The fourth-order valence-corrected chi connectivity index (χ4v) is 0.918. The lowest BCUT2D eigenvalue weighted by molar-refractivity contribution is 0.235. The Balaban J connectivity index is 0.000000217. The molecule has 0 radical (unpaired) electrons. The maximum atomic E-state index is 9.19. The predicted molar refractivity (Wildman–Crippen MR) is 46.9 cm³/mol. The van der Waals surface area contributed by atoms with Gasteiger partial charge in [-0.2, -0.15) is 8.42 Å². The molecule has 1 fully saturated rings. The molecule has 1 saturated heterocycles. The first-order chi connectivity index (χ1) is 5.39. The van der Waals surface area contributed by atoms with Gasteiger partial charge in [0.2, 0.25) is 0 Å². The third-order valence-corrected chi connectivity index (χ3v) is 1.39. The Labute approximate surface area is 72.8 Å². The van der Waals surface area contributed by atoms with Crippen molar-refractivity contribution >= 4 is 10.2 Å². The minimum Gasteiger partial charge on any atom is -0.269 e. The van der Waals surface area contributed by atoms with E-state index in [0.29, 0.717) is 0 Å². The van der Waals surface area contributed by atoms with Crippen LogP contribution in [0.25, 0.3) is 0 Å². The summed E-state index contributed by atoms with van der Waals surface area (Å²) in [5, 5.41) is 10.1. The van der Waals surface area contributed by atoms with E-state index in [1.807, 2.05) is 5.01 Å². The van der Waals surface area contributed by atoms with Crippen LogP contribution in [0.1, 0.15) is 19.3 Å². The molecule has 0 amide bonds. The Hall–Kier alpha value is -0.210. The number of hydrazine groups is 1. The number of nitrogens with zero attached hydrogens (tertiary/aromatic N) is 1. The van der Waals surface area contributed by atoms with Crippen molar-refractivity contribution in [2.24, 2.45) is 16.1 Å². The van der Waals surface area contributed by atoms with Gasteiger partial charge in [0.25, 0.3) is 10.2 Å². The second kappa shape index (κ2) is 5.44. The van der Waals surface area contributed by atoms with Gasteiger partial charge in [0, 0.05) is 13.1 Å². The number of nitrogens with two attached hydrogens (primary N) is 3. The highest BCUT2D eigenvalue weighted by Crippen LogP contribution is 2.03. The number of piperidine rings is 1. The minimum absolute atomic E-state index is 1.10. The summed E-state index contributed by atoms with van der Waals surface area (Å²) in [7, 11) is -3.67. The lowest BCUT2D eigenvalue weighted by Crippen LogP contribution is -2.35. The normalized spacial score (nSPS) is 19.6. The molecule has 0 aromatic heterocycles. The Morgan fingerprint density at radius 3 is 1.50 bits per heavy atom. The van der Waals surface area contributed by atoms with Gasteiger partial charge in [0.15, 0.2) is 0 Å². The van der Waals surface area contributed by atoms with Crippen molar-refractivity contribution in [3.63, 3.8) is 0 Å². The average molecular weight is 196 g/mol. The van der Waals surface area contributed by atoms with Gasteiger partial charge in [-0.25, -0.2) is 15.3 Å². The van der Waals surface area contributed by atoms with E-state index in [2.05, 4.69) is 10.3 Å². The molecule has 0 saturated carbocycles. The molecular weight excluding hydrogens is 180 g/mol. The monoisotopic (exact) mass is 196 g/mol. The number of hydrogen-bond donors (Lipinski definition) is 3. The zero-order valence-electron chi connectivity index (χ0n) is 6.94. The minimum atomic E-state index is -3.67. The quantitative estimate of drug-likeness (QED) is 0.409. The molecule has 0 atom stereocenters. The van der Waals surface area contributed by atoms with Crippen LogP contribution in [-0.4, -0.2) is 26.5 Å². The lowest BCUT2D eigenvalue weighted by atomic mass is 10.2. The van der Waals surface area contributed by atoms with E-state index in [9.17, 15) is 8.42 Å². The molecule has 0 bridgehead atoms. The van der Waals surface area contributed by atoms with Crippen LogP contribution in [0.2, 0.25) is 0 Å². The van der Waals surface area contributed by atoms with Gasteiger partial charge < -0.3 is 0 Å². The standard InChI is InChI=1S/C5H12N2.H4N2O2S/c6-7-4-2-1-3-5-7;1-5(2,3)4/h1-6H2;(H4,1,2,3,4). The van der Waals surface area contributed by atoms with E-state index in [4.69, 9.17) is 5.84 Å². The first-order valence-corrected chi connectivity index (χ1v) is 5.30. The van der Waals surface area contributed by atoms with Gasteiger partial charge in [0.05, 0.1) is 0 Å². The highest BCUT2D eigenvalue weighted by Gasteiger charge is 2.02. The highest BCUT2D eigenvalue weighted by molar-refractivity contribution is 7.86. The highest BCUT2D eigenvalue weighted by atomic mass is 32.2. The van der Waals surface area contributed by atoms with Crippen LogP contribution in [0.4, 0.5) is 0 Å². The van der Waals surface area contributed by atoms with Crippen molar-refractivity contribution in [3.8, 4) is 0 Å². The van der Waals surface area contributed by atoms with Crippen LogP contribution < -0.4 is 16.1 Å². The maximum Gasteiger partial charge on any atom is 0.271 e. The maximum absolute atomic E-state index is 9.19. The second-order valence-corrected chi connectivity index (χ2v) is 3.86. The summed E-state index contributed by atoms with van der Waals surface area (Å²) in [6, 6.07) is 0. The van der Waals surface area contributed by atoms with Crippen molar-refractivity contribution in [1.82, 2.24) is 5.01 Å². The first-order valence-electron chi connectivity index (χ1n) is 3.70. The fourth-order valence-electron chi connectivity index (χ4n) is 0.918. The summed E-state index contributed by atoms with van der Waals surface area (Å²) in [5.74, 6) is 5.47. The van der Waals surface area contributed by atoms with Gasteiger partial charge in [-0.15, -0.1) is 0 Å². The van der Waals surface area contributed by atoms with Crippen LogP contribution in [0.3, 0.4) is 0 Å². The van der Waals surface area contributed by atoms with Crippen LogP contribution in [0.15, 0.2) is 0 Å². The summed E-state index contributed by atoms with van der Waals surface area (Å²) < 4.78 is 18.4. The Bertz CT molecular complexity index is 189. The second-order valence-electron chi connectivity index (χ2n) is 2.69. The van der Waals surface area contributed by atoms with Crippen LogP contribution >= 0.6 is 0 Å². The van der Waals surface area contributed by atoms with Crippen molar-refractivity contribution in [2.45, 2.75) is 19.3 Å². The van der Waals surface area contributed by atoms with E-state index >= 15 is 0 Å². The molecule has 0 aromatic rings. The van der Waals surface area contributed by atoms with Gasteiger partial charge >= 0.3 is 0 Å². The van der Waals surface area contributed by atoms with E-state index in [-0.39, 0.29) is 0 Å². The van der Waals surface area contributed by atoms with Crippen molar-refractivity contribution < 1.29 is 8.42 Å². The molecule has 74 valence electrons. The van der Waals surface area contributed by atoms with E-state index < -0.39 is 10.2 Å². The molecule has 1 rings (SSSR count). The first kappa shape index (κ1) is 11.8. The van der Waals surface area contributed by atoms with Gasteiger partial charge in [-0.1, -0.05) is 6.42 Å². The molecule has 0 spiro atoms. The van der Waals surface area contributed by atoms with E-state index in [1.165, 1.54) is 19.3 Å². The Kier molecular flexibility index (Phi) is 5.34. The topological polar surface area (TPSA) is 115 Å². The van der Waals surface area contributed by atoms with Crippen molar-refractivity contribution in [1.29, 1.82) is 0 Å². The third-order valence-electron chi connectivity index (χ3n) is 1.39. The van der Waals surface area contributed by atoms with Gasteiger partial charge in [-0.05, 0) is 12.8 Å². The number of hydrogen-bond acceptors (Lipinski definition) is 4. The molecule has 12 heavy (non-hydrogen) atoms. The molecule has 0 aromatic carbocycles. The fraction of sp³-hybridized carbons (Fsp3) is 1.00. The third kappa shape index (κ3) is 12.5. The summed E-state index contributed by atoms with van der Waals surface area (Å²) >= 11 is 0. The average Bonchev–Trinajstić information content (AvgIpc) is 1.85. The molecule has 7 heteroatoms. The predicted octanol–water partition coefficient (Wildman–Crippen LogP) is -1.51. The van der Waals surface area contributed by atoms with Crippen LogP contribution in [0.5, 0.6) is 0 Å². The lowest BCUT2D eigenvalue weighted by Gasteiger charge is -2.20. The molecular formula is C5H16N4O2S. The van der Waals surface area contributed by atoms with E-state index in [0.717, 1.165) is 13.1 Å². The largest absolute Gasteiger partial charge is 0.271 e.